The van der Waals surface area contributed by atoms with Crippen LogP contribution in [0.5, 0.6) is 0 Å². The van der Waals surface area contributed by atoms with Gasteiger partial charge in [0.1, 0.15) is 17.2 Å². The Morgan fingerprint density at radius 1 is 0.881 bits per heavy atom. The number of fused-ring (bicyclic) bond motifs is 2. The van der Waals surface area contributed by atoms with Crippen molar-refractivity contribution in [2.75, 3.05) is 24.7 Å². The number of benzene rings is 4. The number of hydrogen-bond acceptors (Lipinski definition) is 5. The van der Waals surface area contributed by atoms with E-state index >= 15 is 0 Å². The third-order valence-corrected chi connectivity index (χ3v) is 8.54. The van der Waals surface area contributed by atoms with Gasteiger partial charge in [-0.05, 0) is 70.6 Å². The number of amides is 1. The summed E-state index contributed by atoms with van der Waals surface area (Å²) in [7, 11) is -0.662. The predicted octanol–water partition coefficient (Wildman–Crippen LogP) is 6.88. The van der Waals surface area contributed by atoms with Crippen molar-refractivity contribution < 1.29 is 22.0 Å². The number of nitrogens with one attached hydrogen (secondary N) is 1. The SMILES string of the molecule is CNC(=O)c1c(-c2ccc(F)cc2)oc2cc(N(C)S(C)(=O)=O)c(-c3cccc(-c4ccc5cnccc5c4)c3)cc12. The molecule has 1 N–H and O–H groups in total. The number of carbonyl (C=O) groups is 1. The molecular weight excluding hydrogens is 553 g/mol. The van der Waals surface area contributed by atoms with E-state index in [1.54, 1.807) is 18.3 Å². The average Bonchev–Trinajstić information content (AvgIpc) is 3.37. The lowest BCUT2D eigenvalue weighted by Gasteiger charge is -2.21. The van der Waals surface area contributed by atoms with E-state index in [0.29, 0.717) is 27.8 Å². The Hall–Kier alpha value is -5.02. The van der Waals surface area contributed by atoms with Gasteiger partial charge in [0.15, 0.2) is 0 Å². The molecule has 7 nitrogen and oxygen atoms in total. The highest BCUT2D eigenvalue weighted by molar-refractivity contribution is 7.92. The molecule has 6 rings (SSSR count). The van der Waals surface area contributed by atoms with Crippen LogP contribution in [0.15, 0.2) is 102 Å². The van der Waals surface area contributed by atoms with Gasteiger partial charge in [-0.3, -0.25) is 14.1 Å². The maximum Gasteiger partial charge on any atom is 0.255 e. The van der Waals surface area contributed by atoms with Crippen molar-refractivity contribution >= 4 is 43.4 Å². The third-order valence-electron chi connectivity index (χ3n) is 7.35. The molecule has 0 spiro atoms. The van der Waals surface area contributed by atoms with Crippen LogP contribution >= 0.6 is 0 Å². The van der Waals surface area contributed by atoms with Gasteiger partial charge in [0, 0.05) is 54.5 Å². The van der Waals surface area contributed by atoms with Crippen molar-refractivity contribution in [3.05, 3.63) is 109 Å². The first-order valence-corrected chi connectivity index (χ1v) is 15.0. The fourth-order valence-corrected chi connectivity index (χ4v) is 5.60. The standard InChI is InChI=1S/C33H26FN3O4S/c1-35-33(38)31-28-17-27(24-6-4-5-21(16-24)22-7-8-25-19-36-14-13-23(25)15-22)29(37(2)42(3,39)40)18-30(28)41-32(31)20-9-11-26(34)12-10-20/h4-19H,1-3H3,(H,35,38). The van der Waals surface area contributed by atoms with E-state index < -0.39 is 15.8 Å². The van der Waals surface area contributed by atoms with E-state index in [1.807, 2.05) is 48.7 Å². The Bertz CT molecular complexity index is 2100. The molecule has 2 aromatic heterocycles. The molecule has 210 valence electrons. The minimum Gasteiger partial charge on any atom is -0.455 e. The van der Waals surface area contributed by atoms with Crippen LogP contribution in [-0.2, 0) is 10.0 Å². The Morgan fingerprint density at radius 3 is 2.33 bits per heavy atom. The van der Waals surface area contributed by atoms with E-state index in [-0.39, 0.29) is 17.2 Å². The highest BCUT2D eigenvalue weighted by Crippen LogP contribution is 2.42. The first kappa shape index (κ1) is 27.2. The molecule has 42 heavy (non-hydrogen) atoms. The molecule has 4 aromatic carbocycles. The van der Waals surface area contributed by atoms with Gasteiger partial charge < -0.3 is 9.73 Å². The van der Waals surface area contributed by atoms with Crippen molar-refractivity contribution in [2.45, 2.75) is 0 Å². The van der Waals surface area contributed by atoms with E-state index in [4.69, 9.17) is 4.42 Å². The predicted molar refractivity (Wildman–Crippen MR) is 164 cm³/mol. The zero-order valence-corrected chi connectivity index (χ0v) is 23.9. The summed E-state index contributed by atoms with van der Waals surface area (Å²) < 4.78 is 46.5. The molecular formula is C33H26FN3O4S. The first-order chi connectivity index (χ1) is 20.1. The molecule has 0 unspecified atom stereocenters. The fraction of sp³-hybridized carbons (Fsp3) is 0.0909. The number of aromatic nitrogens is 1. The van der Waals surface area contributed by atoms with Gasteiger partial charge in [0.25, 0.3) is 5.91 Å². The summed E-state index contributed by atoms with van der Waals surface area (Å²) in [6.45, 7) is 0. The zero-order valence-electron chi connectivity index (χ0n) is 23.1. The van der Waals surface area contributed by atoms with E-state index in [0.717, 1.165) is 33.7 Å². The second-order valence-corrected chi connectivity index (χ2v) is 12.0. The molecule has 0 aliphatic rings. The lowest BCUT2D eigenvalue weighted by molar-refractivity contribution is 0.0964. The lowest BCUT2D eigenvalue weighted by atomic mass is 9.95. The van der Waals surface area contributed by atoms with Gasteiger partial charge in [0.05, 0.1) is 17.5 Å². The summed E-state index contributed by atoms with van der Waals surface area (Å²) in [5.74, 6) is -0.546. The molecule has 0 aliphatic carbocycles. The first-order valence-electron chi connectivity index (χ1n) is 13.1. The number of anilines is 1. The molecule has 0 saturated carbocycles. The summed E-state index contributed by atoms with van der Waals surface area (Å²) in [4.78, 5) is 17.3. The van der Waals surface area contributed by atoms with Gasteiger partial charge in [-0.15, -0.1) is 0 Å². The lowest BCUT2D eigenvalue weighted by Crippen LogP contribution is -2.25. The number of rotatable bonds is 6. The van der Waals surface area contributed by atoms with Gasteiger partial charge >= 0.3 is 0 Å². The van der Waals surface area contributed by atoms with Crippen LogP contribution < -0.4 is 9.62 Å². The largest absolute Gasteiger partial charge is 0.455 e. The average molecular weight is 580 g/mol. The van der Waals surface area contributed by atoms with Crippen molar-refractivity contribution in [1.29, 1.82) is 0 Å². The summed E-state index contributed by atoms with van der Waals surface area (Å²) in [6, 6.07) is 24.9. The van der Waals surface area contributed by atoms with Crippen LogP contribution in [0.2, 0.25) is 0 Å². The van der Waals surface area contributed by atoms with Crippen molar-refractivity contribution in [3.8, 4) is 33.6 Å². The van der Waals surface area contributed by atoms with Crippen LogP contribution in [0.25, 0.3) is 55.3 Å². The van der Waals surface area contributed by atoms with Crippen LogP contribution in [0.1, 0.15) is 10.4 Å². The Kier molecular flexibility index (Phi) is 6.74. The van der Waals surface area contributed by atoms with Crippen LogP contribution in [0.4, 0.5) is 10.1 Å². The van der Waals surface area contributed by atoms with E-state index in [1.165, 1.54) is 42.7 Å². The molecule has 0 aliphatic heterocycles. The normalized spacial score (nSPS) is 11.6. The molecule has 1 amide bonds. The zero-order chi connectivity index (χ0) is 29.6. The van der Waals surface area contributed by atoms with Crippen LogP contribution in [0, 0.1) is 5.82 Å². The summed E-state index contributed by atoms with van der Waals surface area (Å²) in [5, 5.41) is 5.24. The van der Waals surface area contributed by atoms with Gasteiger partial charge in [-0.2, -0.15) is 0 Å². The minimum atomic E-state index is -3.66. The summed E-state index contributed by atoms with van der Waals surface area (Å²) in [6.07, 6.45) is 4.69. The smallest absolute Gasteiger partial charge is 0.255 e. The highest BCUT2D eigenvalue weighted by Gasteiger charge is 2.26. The molecule has 0 atom stereocenters. The van der Waals surface area contributed by atoms with E-state index in [2.05, 4.69) is 16.4 Å². The Labute approximate surface area is 242 Å². The number of halogens is 1. The fourth-order valence-electron chi connectivity index (χ4n) is 5.09. The molecule has 0 radical (unpaired) electrons. The van der Waals surface area contributed by atoms with Crippen molar-refractivity contribution in [2.24, 2.45) is 0 Å². The van der Waals surface area contributed by atoms with Gasteiger partial charge in [-0.25, -0.2) is 12.8 Å². The molecule has 2 heterocycles. The van der Waals surface area contributed by atoms with Crippen molar-refractivity contribution in [1.82, 2.24) is 10.3 Å². The maximum absolute atomic E-state index is 13.7. The van der Waals surface area contributed by atoms with Crippen LogP contribution in [0.3, 0.4) is 0 Å². The monoisotopic (exact) mass is 579 g/mol. The number of hydrogen-bond donors (Lipinski definition) is 1. The van der Waals surface area contributed by atoms with Gasteiger partial charge in [0.2, 0.25) is 10.0 Å². The summed E-state index contributed by atoms with van der Waals surface area (Å²) >= 11 is 0. The maximum atomic E-state index is 13.7. The molecule has 0 bridgehead atoms. The second-order valence-electron chi connectivity index (χ2n) is 10.0. The van der Waals surface area contributed by atoms with E-state index in [9.17, 15) is 17.6 Å². The quantitative estimate of drug-likeness (QED) is 0.232. The summed E-state index contributed by atoms with van der Waals surface area (Å²) in [5.41, 5.74) is 4.76. The third kappa shape index (κ3) is 4.88. The Morgan fingerprint density at radius 2 is 1.60 bits per heavy atom. The molecule has 0 fully saturated rings. The van der Waals surface area contributed by atoms with Crippen molar-refractivity contribution in [3.63, 3.8) is 0 Å². The number of furan rings is 1. The number of sulfonamides is 1. The number of pyridine rings is 1. The van der Waals surface area contributed by atoms with Gasteiger partial charge in [-0.1, -0.05) is 30.3 Å². The highest BCUT2D eigenvalue weighted by atomic mass is 32.2. The second kappa shape index (κ2) is 10.4. The van der Waals surface area contributed by atoms with Crippen LogP contribution in [-0.4, -0.2) is 39.7 Å². The minimum absolute atomic E-state index is 0.258. The molecule has 0 saturated heterocycles. The number of carbonyl (C=O) groups excluding carboxylic acids is 1. The molecule has 6 aromatic rings. The number of nitrogens with zero attached hydrogens (tertiary/aromatic N) is 2. The topological polar surface area (TPSA) is 92.5 Å². The Balaban J connectivity index is 1.60. The molecule has 9 heteroatoms.